The summed E-state index contributed by atoms with van der Waals surface area (Å²) in [6.07, 6.45) is 5.47. The highest BCUT2D eigenvalue weighted by molar-refractivity contribution is 5.35. The van der Waals surface area contributed by atoms with Crippen molar-refractivity contribution >= 4 is 0 Å². The first-order valence-corrected chi connectivity index (χ1v) is 9.05. The van der Waals surface area contributed by atoms with E-state index < -0.39 is 0 Å². The van der Waals surface area contributed by atoms with Crippen molar-refractivity contribution in [3.63, 3.8) is 0 Å². The highest BCUT2D eigenvalue weighted by Crippen LogP contribution is 2.28. The van der Waals surface area contributed by atoms with Crippen LogP contribution in [0.1, 0.15) is 47.1 Å². The SMILES string of the molecule is C=C/C=C(\C=C)C(Oc1ccccc1C)C1CO1.CC.CC.CC. The summed E-state index contributed by atoms with van der Waals surface area (Å²) in [5, 5.41) is 0. The van der Waals surface area contributed by atoms with Crippen molar-refractivity contribution < 1.29 is 9.47 Å². The molecule has 1 aliphatic heterocycles. The van der Waals surface area contributed by atoms with E-state index in [1.165, 1.54) is 0 Å². The van der Waals surface area contributed by atoms with Gasteiger partial charge in [-0.1, -0.05) is 91.1 Å². The Hall–Kier alpha value is -1.80. The van der Waals surface area contributed by atoms with Crippen LogP contribution in [-0.4, -0.2) is 18.8 Å². The van der Waals surface area contributed by atoms with Crippen LogP contribution in [0, 0.1) is 6.92 Å². The van der Waals surface area contributed by atoms with Crippen molar-refractivity contribution in [2.24, 2.45) is 0 Å². The Kier molecular flexibility index (Phi) is 16.4. The molecule has 2 heteroatoms. The summed E-state index contributed by atoms with van der Waals surface area (Å²) in [6.45, 7) is 22.3. The lowest BCUT2D eigenvalue weighted by Crippen LogP contribution is -2.25. The van der Waals surface area contributed by atoms with Gasteiger partial charge in [0.2, 0.25) is 0 Å². The predicted molar refractivity (Wildman–Crippen MR) is 108 cm³/mol. The Morgan fingerprint density at radius 3 is 2.08 bits per heavy atom. The van der Waals surface area contributed by atoms with Crippen LogP contribution in [-0.2, 0) is 4.74 Å². The van der Waals surface area contributed by atoms with Crippen LogP contribution in [0.2, 0.25) is 0 Å². The number of allylic oxidation sites excluding steroid dienone is 2. The molecule has 2 atom stereocenters. The molecule has 2 unspecified atom stereocenters. The molecule has 136 valence electrons. The Morgan fingerprint density at radius 2 is 1.67 bits per heavy atom. The minimum Gasteiger partial charge on any atom is -0.483 e. The first-order chi connectivity index (χ1) is 11.8. The van der Waals surface area contributed by atoms with E-state index in [0.29, 0.717) is 0 Å². The molecule has 1 aromatic carbocycles. The summed E-state index contributed by atoms with van der Waals surface area (Å²) in [5.41, 5.74) is 2.11. The topological polar surface area (TPSA) is 21.8 Å². The molecule has 1 heterocycles. The zero-order valence-electron chi connectivity index (χ0n) is 16.6. The van der Waals surface area contributed by atoms with E-state index in [9.17, 15) is 0 Å². The Labute approximate surface area is 149 Å². The van der Waals surface area contributed by atoms with Crippen LogP contribution in [0.15, 0.2) is 61.2 Å². The molecule has 0 spiro atoms. The minimum absolute atomic E-state index is 0.110. The number of rotatable bonds is 6. The number of hydrogen-bond donors (Lipinski definition) is 0. The van der Waals surface area contributed by atoms with E-state index in [1.807, 2.05) is 78.8 Å². The van der Waals surface area contributed by atoms with Gasteiger partial charge in [0.05, 0.1) is 6.61 Å². The second-order valence-electron chi connectivity index (χ2n) is 4.28. The number of ether oxygens (including phenoxy) is 2. The van der Waals surface area contributed by atoms with E-state index in [2.05, 4.69) is 13.2 Å². The molecule has 2 nitrogen and oxygen atoms in total. The summed E-state index contributed by atoms with van der Waals surface area (Å²) >= 11 is 0. The Balaban J connectivity index is 0. The van der Waals surface area contributed by atoms with Gasteiger partial charge in [-0.15, -0.1) is 0 Å². The number of hydrogen-bond acceptors (Lipinski definition) is 2. The first kappa shape index (κ1) is 24.5. The average Bonchev–Trinajstić information content (AvgIpc) is 3.49. The lowest BCUT2D eigenvalue weighted by Gasteiger charge is -2.19. The van der Waals surface area contributed by atoms with Gasteiger partial charge < -0.3 is 9.47 Å². The minimum atomic E-state index is -0.110. The van der Waals surface area contributed by atoms with Crippen LogP contribution in [0.25, 0.3) is 0 Å². The molecular formula is C22H36O2. The predicted octanol–water partition coefficient (Wildman–Crippen LogP) is 6.52. The van der Waals surface area contributed by atoms with E-state index in [4.69, 9.17) is 9.47 Å². The summed E-state index contributed by atoms with van der Waals surface area (Å²) in [6, 6.07) is 7.97. The van der Waals surface area contributed by atoms with E-state index in [0.717, 1.165) is 23.5 Å². The maximum Gasteiger partial charge on any atom is 0.152 e. The van der Waals surface area contributed by atoms with Crippen molar-refractivity contribution in [2.45, 2.75) is 60.7 Å². The third kappa shape index (κ3) is 8.73. The summed E-state index contributed by atoms with van der Waals surface area (Å²) in [7, 11) is 0. The molecule has 0 radical (unpaired) electrons. The Bertz CT molecular complexity index is 471. The fourth-order valence-electron chi connectivity index (χ4n) is 1.83. The van der Waals surface area contributed by atoms with Crippen molar-refractivity contribution in [1.82, 2.24) is 0 Å². The fraction of sp³-hybridized carbons (Fsp3) is 0.455. The van der Waals surface area contributed by atoms with Crippen LogP contribution < -0.4 is 4.74 Å². The van der Waals surface area contributed by atoms with Gasteiger partial charge >= 0.3 is 0 Å². The van der Waals surface area contributed by atoms with Crippen molar-refractivity contribution in [2.75, 3.05) is 6.61 Å². The highest BCUT2D eigenvalue weighted by atomic mass is 16.6. The van der Waals surface area contributed by atoms with Gasteiger partial charge in [0.1, 0.15) is 11.9 Å². The largest absolute Gasteiger partial charge is 0.483 e. The highest BCUT2D eigenvalue weighted by Gasteiger charge is 2.36. The first-order valence-electron chi connectivity index (χ1n) is 9.05. The van der Waals surface area contributed by atoms with E-state index in [-0.39, 0.29) is 12.2 Å². The van der Waals surface area contributed by atoms with Crippen LogP contribution in [0.5, 0.6) is 5.75 Å². The molecule has 1 saturated heterocycles. The second-order valence-corrected chi connectivity index (χ2v) is 4.28. The van der Waals surface area contributed by atoms with Gasteiger partial charge in [0.25, 0.3) is 0 Å². The normalized spacial score (nSPS) is 15.8. The quantitative estimate of drug-likeness (QED) is 0.437. The molecule has 0 saturated carbocycles. The van der Waals surface area contributed by atoms with Gasteiger partial charge in [-0.2, -0.15) is 0 Å². The number of aryl methyl sites for hydroxylation is 1. The number of benzene rings is 1. The van der Waals surface area contributed by atoms with Crippen molar-refractivity contribution in [3.05, 3.63) is 66.8 Å². The number of para-hydroxylation sites is 1. The van der Waals surface area contributed by atoms with E-state index in [1.54, 1.807) is 12.2 Å². The van der Waals surface area contributed by atoms with Gasteiger partial charge in [-0.3, -0.25) is 0 Å². The molecule has 0 aliphatic carbocycles. The molecule has 2 rings (SSSR count). The summed E-state index contributed by atoms with van der Waals surface area (Å²) in [4.78, 5) is 0. The molecule has 24 heavy (non-hydrogen) atoms. The molecule has 0 aromatic heterocycles. The maximum absolute atomic E-state index is 6.06. The Morgan fingerprint density at radius 1 is 1.12 bits per heavy atom. The lowest BCUT2D eigenvalue weighted by molar-refractivity contribution is 0.192. The average molecular weight is 333 g/mol. The third-order valence-electron chi connectivity index (χ3n) is 2.92. The summed E-state index contributed by atoms with van der Waals surface area (Å²) < 4.78 is 11.4. The van der Waals surface area contributed by atoms with Gasteiger partial charge in [-0.05, 0) is 24.1 Å². The third-order valence-corrected chi connectivity index (χ3v) is 2.92. The molecule has 0 bridgehead atoms. The molecule has 1 aromatic rings. The molecular weight excluding hydrogens is 296 g/mol. The maximum atomic E-state index is 6.06. The number of epoxide rings is 1. The van der Waals surface area contributed by atoms with Gasteiger partial charge in [0.15, 0.2) is 6.10 Å². The van der Waals surface area contributed by atoms with E-state index >= 15 is 0 Å². The van der Waals surface area contributed by atoms with Gasteiger partial charge in [-0.25, -0.2) is 0 Å². The monoisotopic (exact) mass is 332 g/mol. The van der Waals surface area contributed by atoms with Gasteiger partial charge in [0, 0.05) is 0 Å². The molecule has 0 amide bonds. The van der Waals surface area contributed by atoms with Crippen LogP contribution in [0.3, 0.4) is 0 Å². The zero-order valence-corrected chi connectivity index (χ0v) is 16.6. The lowest BCUT2D eigenvalue weighted by atomic mass is 10.1. The second kappa shape index (κ2) is 16.1. The molecule has 1 fully saturated rings. The molecule has 0 N–H and O–H groups in total. The smallest absolute Gasteiger partial charge is 0.152 e. The van der Waals surface area contributed by atoms with Crippen LogP contribution in [0.4, 0.5) is 0 Å². The van der Waals surface area contributed by atoms with Crippen LogP contribution >= 0.6 is 0 Å². The fourth-order valence-corrected chi connectivity index (χ4v) is 1.83. The zero-order chi connectivity index (χ0) is 19.0. The standard InChI is InChI=1S/C16H18O2.3C2H6/c1-4-8-13(5-2)16(15-11-17-15)18-14-10-7-6-9-12(14)3;3*1-2/h4-10,15-16H,1-2,11H2,3H3;3*1-2H3/b13-8+;;;. The van der Waals surface area contributed by atoms with Crippen molar-refractivity contribution in [1.29, 1.82) is 0 Å². The molecule has 1 aliphatic rings. The van der Waals surface area contributed by atoms with Crippen molar-refractivity contribution in [3.8, 4) is 5.75 Å². The summed E-state index contributed by atoms with van der Waals surface area (Å²) in [5.74, 6) is 0.884.